The van der Waals surface area contributed by atoms with Gasteiger partial charge in [0.1, 0.15) is 0 Å². The van der Waals surface area contributed by atoms with Gasteiger partial charge in [-0.3, -0.25) is 0 Å². The second kappa shape index (κ2) is 14.3. The fourth-order valence-electron chi connectivity index (χ4n) is 5.78. The van der Waals surface area contributed by atoms with Gasteiger partial charge in [-0.25, -0.2) is 0 Å². The zero-order valence-corrected chi connectivity index (χ0v) is 30.9. The van der Waals surface area contributed by atoms with E-state index in [1.165, 1.54) is 52.7 Å². The summed E-state index contributed by atoms with van der Waals surface area (Å²) in [6.07, 6.45) is 0. The van der Waals surface area contributed by atoms with Crippen molar-refractivity contribution >= 4 is 59.4 Å². The highest BCUT2D eigenvalue weighted by atomic mass is 32.2. The highest BCUT2D eigenvalue weighted by Gasteiger charge is 2.27. The van der Waals surface area contributed by atoms with Crippen molar-refractivity contribution in [3.63, 3.8) is 0 Å². The Morgan fingerprint density at radius 1 is 0.362 bits per heavy atom. The first-order chi connectivity index (χ1) is 22.6. The molecule has 0 unspecified atom stereocenters. The molecule has 0 saturated carbocycles. The van der Waals surface area contributed by atoms with Gasteiger partial charge in [-0.1, -0.05) is 199 Å². The Morgan fingerprint density at radius 3 is 0.894 bits per heavy atom. The van der Waals surface area contributed by atoms with Crippen LogP contribution in [0.25, 0.3) is 0 Å². The molecule has 0 aliphatic carbocycles. The zero-order valence-electron chi connectivity index (χ0n) is 28.3. The molecule has 0 saturated heterocycles. The smallest absolute Gasteiger partial charge is 0.0209 e. The van der Waals surface area contributed by atoms with Gasteiger partial charge in [0.15, 0.2) is 0 Å². The molecule has 6 rings (SSSR count). The maximum absolute atomic E-state index is 2.49. The normalized spacial score (nSPS) is 12.1. The molecule has 6 aromatic carbocycles. The van der Waals surface area contributed by atoms with Gasteiger partial charge >= 0.3 is 0 Å². The van der Waals surface area contributed by atoms with E-state index in [9.17, 15) is 0 Å². The molecule has 6 aromatic rings. The summed E-state index contributed by atoms with van der Waals surface area (Å²) >= 11 is 1.97. The molecule has 0 N–H and O–H groups in total. The molecule has 236 valence electrons. The molecule has 3 heteroatoms. The molecule has 0 spiro atoms. The van der Waals surface area contributed by atoms with E-state index in [1.807, 2.05) is 11.8 Å². The maximum Gasteiger partial charge on any atom is 0.0209 e. The molecule has 0 aromatic heterocycles. The van der Waals surface area contributed by atoms with Crippen molar-refractivity contribution in [1.82, 2.24) is 0 Å². The van der Waals surface area contributed by atoms with E-state index < -0.39 is 15.8 Å². The van der Waals surface area contributed by atoms with E-state index in [4.69, 9.17) is 0 Å². The summed E-state index contributed by atoms with van der Waals surface area (Å²) in [6, 6.07) is 59.0. The highest BCUT2D eigenvalue weighted by molar-refractivity contribution is 8.01. The lowest BCUT2D eigenvalue weighted by atomic mass is 9.87. The Hall–Kier alpha value is -3.47. The average molecular weight is 667 g/mol. The van der Waals surface area contributed by atoms with Crippen molar-refractivity contribution in [3.05, 3.63) is 169 Å². The van der Waals surface area contributed by atoms with Crippen LogP contribution in [0.4, 0.5) is 0 Å². The summed E-state index contributed by atoms with van der Waals surface area (Å²) < 4.78 is 0. The van der Waals surface area contributed by atoms with Crippen LogP contribution in [-0.4, -0.2) is 0 Å². The quantitative estimate of drug-likeness (QED) is 0.146. The van der Waals surface area contributed by atoms with Crippen LogP contribution in [0.5, 0.6) is 0 Å². The molecule has 0 nitrogen and oxygen atoms in total. The van der Waals surface area contributed by atoms with Gasteiger partial charge in [-0.2, -0.15) is 0 Å². The molecule has 0 aliphatic rings. The van der Waals surface area contributed by atoms with Crippen molar-refractivity contribution in [1.29, 1.82) is 0 Å². The van der Waals surface area contributed by atoms with Gasteiger partial charge < -0.3 is 0 Å². The third-order valence-corrected chi connectivity index (χ3v) is 14.8. The molecule has 0 amide bonds. The van der Waals surface area contributed by atoms with Crippen LogP contribution in [0, 0.1) is 0 Å². The lowest BCUT2D eigenvalue weighted by molar-refractivity contribution is 0.589. The Bertz CT molecular complexity index is 1680. The van der Waals surface area contributed by atoms with Crippen LogP contribution in [0.2, 0.25) is 0 Å². The second-order valence-corrected chi connectivity index (χ2v) is 19.4. The van der Waals surface area contributed by atoms with Crippen molar-refractivity contribution in [3.8, 4) is 0 Å². The summed E-state index contributed by atoms with van der Waals surface area (Å²) in [6.45, 7) is 13.9. The van der Waals surface area contributed by atoms with Crippen LogP contribution >= 0.6 is 27.6 Å². The Labute approximate surface area is 289 Å². The van der Waals surface area contributed by atoms with E-state index in [1.54, 1.807) is 0 Å². The number of rotatable bonds is 8. The SMILES string of the molecule is CC(C)(C)c1ccc(P(c2ccccc2)c2ccccc2)c(Sc2cc(C(C)(C)C)ccc2P(c2ccccc2)c2ccccc2)c1. The van der Waals surface area contributed by atoms with Gasteiger partial charge in [0.05, 0.1) is 0 Å². The topological polar surface area (TPSA) is 0 Å². The van der Waals surface area contributed by atoms with Gasteiger partial charge in [-0.15, -0.1) is 0 Å². The highest BCUT2D eigenvalue weighted by Crippen LogP contribution is 2.44. The summed E-state index contributed by atoms with van der Waals surface area (Å²) in [5, 5.41) is 8.31. The van der Waals surface area contributed by atoms with Gasteiger partial charge in [0.2, 0.25) is 0 Å². The van der Waals surface area contributed by atoms with Crippen LogP contribution in [0.1, 0.15) is 52.7 Å². The summed E-state index contributed by atoms with van der Waals surface area (Å²) in [7, 11) is -1.54. The van der Waals surface area contributed by atoms with Crippen molar-refractivity contribution in [2.45, 2.75) is 62.2 Å². The molecule has 0 fully saturated rings. The first-order valence-electron chi connectivity index (χ1n) is 16.4. The largest absolute Gasteiger partial charge is 0.0887 e. The second-order valence-electron chi connectivity index (χ2n) is 14.0. The third kappa shape index (κ3) is 7.82. The lowest BCUT2D eigenvalue weighted by Crippen LogP contribution is -2.25. The Balaban J connectivity index is 1.60. The van der Waals surface area contributed by atoms with Crippen molar-refractivity contribution in [2.75, 3.05) is 0 Å². The molecule has 0 bridgehead atoms. The third-order valence-electron chi connectivity index (χ3n) is 8.41. The zero-order chi connectivity index (χ0) is 33.0. The van der Waals surface area contributed by atoms with Gasteiger partial charge in [0, 0.05) is 9.79 Å². The van der Waals surface area contributed by atoms with Crippen LogP contribution in [0.3, 0.4) is 0 Å². The van der Waals surface area contributed by atoms with Crippen LogP contribution in [0.15, 0.2) is 168 Å². The predicted molar refractivity (Wildman–Crippen MR) is 212 cm³/mol. The van der Waals surface area contributed by atoms with E-state index in [0.29, 0.717) is 0 Å². The molecule has 0 atom stereocenters. The van der Waals surface area contributed by atoms with E-state index >= 15 is 0 Å². The lowest BCUT2D eigenvalue weighted by Gasteiger charge is -2.28. The summed E-state index contributed by atoms with van der Waals surface area (Å²) in [5.74, 6) is 0. The fraction of sp³-hybridized carbons (Fsp3) is 0.182. The molecule has 47 heavy (non-hydrogen) atoms. The van der Waals surface area contributed by atoms with Gasteiger partial charge in [0.25, 0.3) is 0 Å². The molecular weight excluding hydrogens is 622 g/mol. The van der Waals surface area contributed by atoms with E-state index in [0.717, 1.165) is 0 Å². The molecule has 0 aliphatic heterocycles. The predicted octanol–water partition coefficient (Wildman–Crippen LogP) is 9.95. The first kappa shape index (κ1) is 33.4. The standard InChI is InChI=1S/C44H44P2S/c1-43(2,3)33-27-29-39(45(35-19-11-7-12-20-35)36-21-13-8-14-22-36)41(31-33)47-42-32-34(44(4,5)6)28-30-40(42)46(37-23-15-9-16-24-37)38-25-17-10-18-26-38/h7-32H,1-6H3. The Morgan fingerprint density at radius 2 is 0.638 bits per heavy atom. The minimum atomic E-state index is -0.770. The average Bonchev–Trinajstić information content (AvgIpc) is 3.07. The van der Waals surface area contributed by atoms with Gasteiger partial charge in [-0.05, 0) is 81.8 Å². The minimum absolute atomic E-state index is 0.0346. The summed E-state index contributed by atoms with van der Waals surface area (Å²) in [5.41, 5.74) is 2.79. The maximum atomic E-state index is 2.49. The van der Waals surface area contributed by atoms with Crippen molar-refractivity contribution < 1.29 is 0 Å². The minimum Gasteiger partial charge on any atom is -0.0887 e. The number of hydrogen-bond acceptors (Lipinski definition) is 1. The monoisotopic (exact) mass is 666 g/mol. The fourth-order valence-corrected chi connectivity index (χ4v) is 12.2. The van der Waals surface area contributed by atoms with Crippen molar-refractivity contribution in [2.24, 2.45) is 0 Å². The number of hydrogen-bond donors (Lipinski definition) is 0. The van der Waals surface area contributed by atoms with Crippen LogP contribution in [-0.2, 0) is 10.8 Å². The summed E-state index contributed by atoms with van der Waals surface area (Å²) in [4.78, 5) is 2.69. The van der Waals surface area contributed by atoms with Crippen LogP contribution < -0.4 is 31.8 Å². The van der Waals surface area contributed by atoms with E-state index in [-0.39, 0.29) is 10.8 Å². The Kier molecular flexibility index (Phi) is 10.2. The van der Waals surface area contributed by atoms with E-state index in [2.05, 4.69) is 199 Å². The number of benzene rings is 6. The molecule has 0 heterocycles. The molecule has 0 radical (unpaired) electrons. The first-order valence-corrected chi connectivity index (χ1v) is 19.9. The molecular formula is C44H44P2S.